The lowest BCUT2D eigenvalue weighted by atomic mass is 10.1. The Morgan fingerprint density at radius 3 is 2.28 bits per heavy atom. The van der Waals surface area contributed by atoms with E-state index in [1.807, 2.05) is 19.1 Å². The number of nitrogens with zero attached hydrogens (tertiary/aromatic N) is 6. The first kappa shape index (κ1) is 16.9. The Morgan fingerprint density at radius 1 is 1.08 bits per heavy atom. The van der Waals surface area contributed by atoms with Gasteiger partial charge in [0, 0.05) is 31.7 Å². The van der Waals surface area contributed by atoms with Gasteiger partial charge in [-0.1, -0.05) is 0 Å². The van der Waals surface area contributed by atoms with E-state index in [4.69, 9.17) is 4.74 Å². The van der Waals surface area contributed by atoms with Crippen molar-refractivity contribution in [2.45, 2.75) is 13.8 Å². The van der Waals surface area contributed by atoms with E-state index in [1.54, 1.807) is 33.5 Å². The minimum atomic E-state index is -0.323. The number of carbonyl (C=O) groups is 2. The maximum Gasteiger partial charge on any atom is 0.409 e. The van der Waals surface area contributed by atoms with E-state index in [0.29, 0.717) is 44.2 Å². The van der Waals surface area contributed by atoms with Crippen molar-refractivity contribution in [2.75, 3.05) is 32.8 Å². The molecule has 9 heteroatoms. The van der Waals surface area contributed by atoms with Gasteiger partial charge < -0.3 is 14.5 Å². The molecular weight excluding hydrogens is 324 g/mol. The van der Waals surface area contributed by atoms with Crippen molar-refractivity contribution in [3.8, 4) is 5.69 Å². The van der Waals surface area contributed by atoms with Gasteiger partial charge in [-0.05, 0) is 48.5 Å². The number of benzene rings is 1. The number of aryl methyl sites for hydroxylation is 1. The van der Waals surface area contributed by atoms with E-state index in [-0.39, 0.29) is 12.0 Å². The Hall–Kier alpha value is -2.97. The largest absolute Gasteiger partial charge is 0.450 e. The molecule has 25 heavy (non-hydrogen) atoms. The van der Waals surface area contributed by atoms with Crippen molar-refractivity contribution in [2.24, 2.45) is 0 Å². The number of tetrazole rings is 1. The lowest BCUT2D eigenvalue weighted by Crippen LogP contribution is -2.50. The van der Waals surface area contributed by atoms with Gasteiger partial charge in [-0.2, -0.15) is 4.68 Å². The minimum Gasteiger partial charge on any atom is -0.450 e. The van der Waals surface area contributed by atoms with Crippen LogP contribution in [-0.4, -0.2) is 74.8 Å². The van der Waals surface area contributed by atoms with E-state index < -0.39 is 0 Å². The number of hydrogen-bond acceptors (Lipinski definition) is 6. The molecule has 1 aromatic carbocycles. The van der Waals surface area contributed by atoms with Gasteiger partial charge >= 0.3 is 6.09 Å². The monoisotopic (exact) mass is 344 g/mol. The Bertz CT molecular complexity index is 749. The first-order chi connectivity index (χ1) is 12.1. The summed E-state index contributed by atoms with van der Waals surface area (Å²) < 4.78 is 6.59. The highest BCUT2D eigenvalue weighted by Gasteiger charge is 2.25. The Kier molecular flexibility index (Phi) is 4.92. The van der Waals surface area contributed by atoms with Gasteiger partial charge in [-0.25, -0.2) is 4.79 Å². The molecular formula is C16H20N6O3. The van der Waals surface area contributed by atoms with Gasteiger partial charge in [-0.3, -0.25) is 4.79 Å². The van der Waals surface area contributed by atoms with E-state index in [9.17, 15) is 9.59 Å². The number of amides is 2. The van der Waals surface area contributed by atoms with Gasteiger partial charge in [0.05, 0.1) is 12.3 Å². The zero-order valence-corrected chi connectivity index (χ0v) is 14.3. The van der Waals surface area contributed by atoms with Crippen LogP contribution in [0.25, 0.3) is 5.69 Å². The Balaban J connectivity index is 1.62. The maximum absolute atomic E-state index is 12.6. The molecule has 1 aromatic heterocycles. The van der Waals surface area contributed by atoms with Crippen LogP contribution in [0.15, 0.2) is 24.3 Å². The molecule has 0 unspecified atom stereocenters. The third kappa shape index (κ3) is 3.59. The molecule has 0 spiro atoms. The Morgan fingerprint density at radius 2 is 1.72 bits per heavy atom. The summed E-state index contributed by atoms with van der Waals surface area (Å²) in [5.41, 5.74) is 1.39. The highest BCUT2D eigenvalue weighted by Crippen LogP contribution is 2.13. The van der Waals surface area contributed by atoms with Gasteiger partial charge in [0.1, 0.15) is 0 Å². The molecule has 1 fully saturated rings. The Labute approximate surface area is 145 Å². The summed E-state index contributed by atoms with van der Waals surface area (Å²) in [4.78, 5) is 27.7. The lowest BCUT2D eigenvalue weighted by molar-refractivity contribution is 0.0570. The highest BCUT2D eigenvalue weighted by molar-refractivity contribution is 5.94. The van der Waals surface area contributed by atoms with E-state index >= 15 is 0 Å². The fourth-order valence-corrected chi connectivity index (χ4v) is 2.70. The summed E-state index contributed by atoms with van der Waals surface area (Å²) in [5.74, 6) is 0.623. The molecule has 0 aliphatic carbocycles. The standard InChI is InChI=1S/C16H20N6O3/c1-3-25-16(24)21-10-8-20(9-11-21)15(23)13-4-6-14(7-5-13)22-12(2)17-18-19-22/h4-7H,3,8-11H2,1-2H3. The van der Waals surface area contributed by atoms with Crippen LogP contribution in [0.2, 0.25) is 0 Å². The summed E-state index contributed by atoms with van der Waals surface area (Å²) >= 11 is 0. The molecule has 132 valence electrons. The van der Waals surface area contributed by atoms with Crippen LogP contribution in [-0.2, 0) is 4.74 Å². The van der Waals surface area contributed by atoms with Crippen LogP contribution < -0.4 is 0 Å². The summed E-state index contributed by atoms with van der Waals surface area (Å²) in [6.07, 6.45) is -0.323. The van der Waals surface area contributed by atoms with Crippen LogP contribution in [0.4, 0.5) is 4.79 Å². The second-order valence-electron chi connectivity index (χ2n) is 5.66. The van der Waals surface area contributed by atoms with Gasteiger partial charge in [0.2, 0.25) is 0 Å². The summed E-state index contributed by atoms with van der Waals surface area (Å²) in [6.45, 7) is 5.88. The number of aromatic nitrogens is 4. The molecule has 0 atom stereocenters. The average molecular weight is 344 g/mol. The fraction of sp³-hybridized carbons (Fsp3) is 0.438. The normalized spacial score (nSPS) is 14.5. The molecule has 2 aromatic rings. The van der Waals surface area contributed by atoms with Crippen LogP contribution in [0.3, 0.4) is 0 Å². The molecule has 0 bridgehead atoms. The number of hydrogen-bond donors (Lipinski definition) is 0. The van der Waals surface area contributed by atoms with Crippen molar-refractivity contribution in [1.29, 1.82) is 0 Å². The van der Waals surface area contributed by atoms with Crippen molar-refractivity contribution >= 4 is 12.0 Å². The quantitative estimate of drug-likeness (QED) is 0.821. The van der Waals surface area contributed by atoms with Gasteiger partial charge in [0.25, 0.3) is 5.91 Å². The minimum absolute atomic E-state index is 0.0523. The lowest BCUT2D eigenvalue weighted by Gasteiger charge is -2.34. The summed E-state index contributed by atoms with van der Waals surface area (Å²) in [5, 5.41) is 11.4. The second kappa shape index (κ2) is 7.29. The summed E-state index contributed by atoms with van der Waals surface area (Å²) in [7, 11) is 0. The van der Waals surface area contributed by atoms with Crippen molar-refractivity contribution in [3.63, 3.8) is 0 Å². The SMILES string of the molecule is CCOC(=O)N1CCN(C(=O)c2ccc(-n3nnnc3C)cc2)CC1. The number of rotatable bonds is 3. The smallest absolute Gasteiger partial charge is 0.409 e. The molecule has 0 saturated carbocycles. The molecule has 1 saturated heterocycles. The number of piperazine rings is 1. The van der Waals surface area contributed by atoms with E-state index in [2.05, 4.69) is 15.5 Å². The molecule has 1 aliphatic heterocycles. The van der Waals surface area contributed by atoms with Crippen LogP contribution in [0, 0.1) is 6.92 Å². The van der Waals surface area contributed by atoms with E-state index in [1.165, 1.54) is 0 Å². The topological polar surface area (TPSA) is 93.5 Å². The van der Waals surface area contributed by atoms with E-state index in [0.717, 1.165) is 5.69 Å². The van der Waals surface area contributed by atoms with Crippen LogP contribution >= 0.6 is 0 Å². The van der Waals surface area contributed by atoms with Crippen molar-refractivity contribution in [3.05, 3.63) is 35.7 Å². The fourth-order valence-electron chi connectivity index (χ4n) is 2.70. The van der Waals surface area contributed by atoms with Crippen LogP contribution in [0.1, 0.15) is 23.1 Å². The second-order valence-corrected chi connectivity index (χ2v) is 5.66. The molecule has 1 aliphatic rings. The zero-order valence-electron chi connectivity index (χ0n) is 14.3. The molecule has 0 N–H and O–H groups in total. The predicted molar refractivity (Wildman–Crippen MR) is 88.4 cm³/mol. The van der Waals surface area contributed by atoms with Gasteiger partial charge in [0.15, 0.2) is 5.82 Å². The van der Waals surface area contributed by atoms with Crippen molar-refractivity contribution in [1.82, 2.24) is 30.0 Å². The molecule has 3 rings (SSSR count). The molecule has 0 radical (unpaired) electrons. The highest BCUT2D eigenvalue weighted by atomic mass is 16.6. The van der Waals surface area contributed by atoms with Crippen LogP contribution in [0.5, 0.6) is 0 Å². The maximum atomic E-state index is 12.6. The molecule has 2 heterocycles. The predicted octanol–water partition coefficient (Wildman–Crippen LogP) is 0.885. The molecule has 9 nitrogen and oxygen atoms in total. The first-order valence-electron chi connectivity index (χ1n) is 8.16. The zero-order chi connectivity index (χ0) is 17.8. The number of ether oxygens (including phenoxy) is 1. The molecule has 2 amide bonds. The van der Waals surface area contributed by atoms with Crippen molar-refractivity contribution < 1.29 is 14.3 Å². The average Bonchev–Trinajstić information content (AvgIpc) is 3.07. The van der Waals surface area contributed by atoms with Gasteiger partial charge in [-0.15, -0.1) is 5.10 Å². The number of carbonyl (C=O) groups excluding carboxylic acids is 2. The summed E-state index contributed by atoms with van der Waals surface area (Å²) in [6, 6.07) is 7.14. The third-order valence-electron chi connectivity index (χ3n) is 4.08. The first-order valence-corrected chi connectivity index (χ1v) is 8.16. The third-order valence-corrected chi connectivity index (χ3v) is 4.08.